The molecule has 0 saturated heterocycles. The van der Waals surface area contributed by atoms with Gasteiger partial charge in [-0.05, 0) is 25.7 Å². The van der Waals surface area contributed by atoms with Crippen molar-refractivity contribution in [3.05, 3.63) is 16.3 Å². The fourth-order valence-electron chi connectivity index (χ4n) is 2.42. The lowest BCUT2D eigenvalue weighted by Gasteiger charge is -2.14. The zero-order valence-electron chi connectivity index (χ0n) is 12.3. The molecular formula is C13H21N5O3. The zero-order chi connectivity index (χ0) is 15.2. The molecule has 0 aliphatic heterocycles. The van der Waals surface area contributed by atoms with Gasteiger partial charge in [0.1, 0.15) is 6.20 Å². The molecule has 1 aliphatic carbocycles. The van der Waals surface area contributed by atoms with Gasteiger partial charge in [-0.3, -0.25) is 10.1 Å². The topological polar surface area (TPSA) is 102 Å². The first-order valence-electron chi connectivity index (χ1n) is 7.18. The van der Waals surface area contributed by atoms with E-state index in [0.29, 0.717) is 5.95 Å². The normalized spacial score (nSPS) is 21.2. The Morgan fingerprint density at radius 1 is 1.52 bits per heavy atom. The molecule has 0 spiro atoms. The van der Waals surface area contributed by atoms with E-state index in [4.69, 9.17) is 4.74 Å². The van der Waals surface area contributed by atoms with E-state index in [1.165, 1.54) is 6.20 Å². The summed E-state index contributed by atoms with van der Waals surface area (Å²) < 4.78 is 5.31. The van der Waals surface area contributed by atoms with Gasteiger partial charge in [-0.1, -0.05) is 6.92 Å². The molecule has 21 heavy (non-hydrogen) atoms. The highest BCUT2D eigenvalue weighted by Crippen LogP contribution is 2.28. The van der Waals surface area contributed by atoms with Gasteiger partial charge in [-0.2, -0.15) is 4.98 Å². The molecule has 2 atom stereocenters. The van der Waals surface area contributed by atoms with E-state index in [0.717, 1.165) is 32.2 Å². The molecule has 1 aliphatic rings. The van der Waals surface area contributed by atoms with Crippen LogP contribution in [0, 0.1) is 10.1 Å². The Balaban J connectivity index is 2.12. The Labute approximate surface area is 123 Å². The van der Waals surface area contributed by atoms with Crippen LogP contribution >= 0.6 is 0 Å². The molecule has 1 aromatic heterocycles. The Morgan fingerprint density at radius 2 is 2.33 bits per heavy atom. The van der Waals surface area contributed by atoms with Crippen LogP contribution in [-0.4, -0.2) is 40.7 Å². The van der Waals surface area contributed by atoms with E-state index in [1.807, 2.05) is 6.92 Å². The fourth-order valence-corrected chi connectivity index (χ4v) is 2.42. The summed E-state index contributed by atoms with van der Waals surface area (Å²) in [5, 5.41) is 17.3. The van der Waals surface area contributed by atoms with Gasteiger partial charge in [0.25, 0.3) is 0 Å². The van der Waals surface area contributed by atoms with Crippen molar-refractivity contribution in [1.29, 1.82) is 0 Å². The Kier molecular flexibility index (Phi) is 5.26. The van der Waals surface area contributed by atoms with Crippen LogP contribution in [0.15, 0.2) is 6.20 Å². The van der Waals surface area contributed by atoms with E-state index in [2.05, 4.69) is 20.6 Å². The molecule has 0 aromatic carbocycles. The molecule has 116 valence electrons. The number of hydrogen-bond donors (Lipinski definition) is 2. The average Bonchev–Trinajstić information content (AvgIpc) is 2.92. The minimum atomic E-state index is -0.464. The smallest absolute Gasteiger partial charge is 0.329 e. The first kappa shape index (κ1) is 15.4. The predicted molar refractivity (Wildman–Crippen MR) is 79.5 cm³/mol. The van der Waals surface area contributed by atoms with Crippen LogP contribution in [0.25, 0.3) is 0 Å². The molecule has 0 amide bonds. The maximum absolute atomic E-state index is 11.1. The number of anilines is 2. The number of ether oxygens (including phenoxy) is 1. The van der Waals surface area contributed by atoms with Gasteiger partial charge >= 0.3 is 5.69 Å². The third-order valence-corrected chi connectivity index (χ3v) is 3.56. The number of nitro groups is 1. The number of hydrogen-bond acceptors (Lipinski definition) is 7. The van der Waals surface area contributed by atoms with Crippen LogP contribution < -0.4 is 10.6 Å². The molecule has 2 rings (SSSR count). The number of aromatic nitrogens is 2. The van der Waals surface area contributed by atoms with Crippen LogP contribution in [0.4, 0.5) is 17.5 Å². The minimum Gasteiger partial charge on any atom is -0.381 e. The standard InChI is InChI=1S/C13H21N5O3/c1-3-6-14-13-15-8-11(18(19)20)12(17-13)16-9-4-5-10(7-9)21-2/h8-10H,3-7H2,1-2H3,(H2,14,15,16,17). The molecule has 8 nitrogen and oxygen atoms in total. The Hall–Kier alpha value is -1.96. The molecule has 0 radical (unpaired) electrons. The Morgan fingerprint density at radius 3 is 2.95 bits per heavy atom. The second kappa shape index (κ2) is 7.16. The van der Waals surface area contributed by atoms with Crippen molar-refractivity contribution in [3.8, 4) is 0 Å². The summed E-state index contributed by atoms with van der Waals surface area (Å²) in [6.07, 6.45) is 5.08. The van der Waals surface area contributed by atoms with Gasteiger partial charge in [-0.15, -0.1) is 0 Å². The van der Waals surface area contributed by atoms with Gasteiger partial charge in [0.05, 0.1) is 11.0 Å². The molecule has 1 aromatic rings. The zero-order valence-corrected chi connectivity index (χ0v) is 12.3. The number of methoxy groups -OCH3 is 1. The van der Waals surface area contributed by atoms with Crippen LogP contribution in [0.3, 0.4) is 0 Å². The number of rotatable bonds is 7. The van der Waals surface area contributed by atoms with E-state index < -0.39 is 4.92 Å². The maximum Gasteiger partial charge on any atom is 0.329 e. The summed E-state index contributed by atoms with van der Waals surface area (Å²) in [5.74, 6) is 0.682. The monoisotopic (exact) mass is 295 g/mol. The van der Waals surface area contributed by atoms with Crippen molar-refractivity contribution in [3.63, 3.8) is 0 Å². The van der Waals surface area contributed by atoms with E-state index in [9.17, 15) is 10.1 Å². The number of nitrogens with zero attached hydrogens (tertiary/aromatic N) is 3. The van der Waals surface area contributed by atoms with E-state index in [1.54, 1.807) is 7.11 Å². The molecule has 8 heteroatoms. The highest BCUT2D eigenvalue weighted by molar-refractivity contribution is 5.57. The van der Waals surface area contributed by atoms with Crippen molar-refractivity contribution >= 4 is 17.5 Å². The summed E-state index contributed by atoms with van der Waals surface area (Å²) in [6, 6.07) is 0.141. The third-order valence-electron chi connectivity index (χ3n) is 3.56. The predicted octanol–water partition coefficient (Wildman–Crippen LogP) is 2.19. The molecule has 1 saturated carbocycles. The Bertz CT molecular complexity index is 497. The van der Waals surface area contributed by atoms with Gasteiger partial charge in [-0.25, -0.2) is 4.98 Å². The first-order chi connectivity index (χ1) is 10.1. The lowest BCUT2D eigenvalue weighted by Crippen LogP contribution is -2.19. The molecule has 2 unspecified atom stereocenters. The first-order valence-corrected chi connectivity index (χ1v) is 7.18. The molecular weight excluding hydrogens is 274 g/mol. The molecule has 0 bridgehead atoms. The van der Waals surface area contributed by atoms with Crippen molar-refractivity contribution in [2.24, 2.45) is 0 Å². The van der Waals surface area contributed by atoms with Crippen molar-refractivity contribution in [2.45, 2.75) is 44.8 Å². The summed E-state index contributed by atoms with van der Waals surface area (Å²) in [6.45, 7) is 2.76. The van der Waals surface area contributed by atoms with Gasteiger partial charge in [0, 0.05) is 19.7 Å². The van der Waals surface area contributed by atoms with Crippen LogP contribution in [0.5, 0.6) is 0 Å². The third kappa shape index (κ3) is 4.01. The van der Waals surface area contributed by atoms with E-state index >= 15 is 0 Å². The van der Waals surface area contributed by atoms with Crippen molar-refractivity contribution in [1.82, 2.24) is 9.97 Å². The van der Waals surface area contributed by atoms with Crippen LogP contribution in [0.2, 0.25) is 0 Å². The quantitative estimate of drug-likeness (QED) is 0.587. The lowest BCUT2D eigenvalue weighted by atomic mass is 10.2. The molecule has 1 fully saturated rings. The summed E-state index contributed by atoms with van der Waals surface area (Å²) in [4.78, 5) is 18.8. The van der Waals surface area contributed by atoms with Gasteiger partial charge < -0.3 is 15.4 Å². The van der Waals surface area contributed by atoms with Crippen molar-refractivity contribution < 1.29 is 9.66 Å². The molecule has 1 heterocycles. The highest BCUT2D eigenvalue weighted by Gasteiger charge is 2.27. The summed E-state index contributed by atoms with van der Waals surface area (Å²) >= 11 is 0. The van der Waals surface area contributed by atoms with Crippen molar-refractivity contribution in [2.75, 3.05) is 24.3 Å². The summed E-state index contributed by atoms with van der Waals surface area (Å²) in [5.41, 5.74) is -0.0992. The van der Waals surface area contributed by atoms with E-state index in [-0.39, 0.29) is 23.7 Å². The van der Waals surface area contributed by atoms with Gasteiger partial charge in [0.2, 0.25) is 11.8 Å². The maximum atomic E-state index is 11.1. The highest BCUT2D eigenvalue weighted by atomic mass is 16.6. The van der Waals surface area contributed by atoms with Crippen LogP contribution in [0.1, 0.15) is 32.6 Å². The number of nitrogens with one attached hydrogen (secondary N) is 2. The second-order valence-corrected chi connectivity index (χ2v) is 5.12. The SMILES string of the molecule is CCCNc1ncc([N+](=O)[O-])c(NC2CCC(OC)C2)n1. The lowest BCUT2D eigenvalue weighted by molar-refractivity contribution is -0.384. The summed E-state index contributed by atoms with van der Waals surface area (Å²) in [7, 11) is 1.69. The largest absolute Gasteiger partial charge is 0.381 e. The van der Waals surface area contributed by atoms with Crippen LogP contribution in [-0.2, 0) is 4.74 Å². The average molecular weight is 295 g/mol. The second-order valence-electron chi connectivity index (χ2n) is 5.12. The minimum absolute atomic E-state index is 0.0992. The molecule has 2 N–H and O–H groups in total. The van der Waals surface area contributed by atoms with Gasteiger partial charge in [0.15, 0.2) is 0 Å². The fraction of sp³-hybridized carbons (Fsp3) is 0.692.